The van der Waals surface area contributed by atoms with Crippen molar-refractivity contribution in [2.45, 2.75) is 52.4 Å². The van der Waals surface area contributed by atoms with Crippen LogP contribution < -0.4 is 4.90 Å². The Morgan fingerprint density at radius 3 is 1.96 bits per heavy atom. The molecule has 0 atom stereocenters. The molecule has 1 heterocycles. The minimum absolute atomic E-state index is 0.101. The van der Waals surface area contributed by atoms with E-state index in [2.05, 4.69) is 18.8 Å². The molecule has 0 bridgehead atoms. The number of benzene rings is 1. The summed E-state index contributed by atoms with van der Waals surface area (Å²) in [5.74, 6) is -0.202. The van der Waals surface area contributed by atoms with Gasteiger partial charge in [-0.05, 0) is 37.1 Å². The fourth-order valence-corrected chi connectivity index (χ4v) is 3.03. The molecule has 0 aliphatic carbocycles. The summed E-state index contributed by atoms with van der Waals surface area (Å²) in [4.78, 5) is 40.5. The first-order chi connectivity index (χ1) is 11.1. The number of hydrogen-bond acceptors (Lipinski definition) is 4. The summed E-state index contributed by atoms with van der Waals surface area (Å²) < 4.78 is 0. The third-order valence-corrected chi connectivity index (χ3v) is 4.42. The standard InChI is InChI=1S/C18H22N2O3/c1-3-5-11-18(12-6-4-2)16(22)20(17(18)23)15-9-7-14(8-10-15)19-13-21/h7-10H,3-6,11-12H2,1-2H3. The molecule has 0 unspecified atom stereocenters. The van der Waals surface area contributed by atoms with E-state index in [0.29, 0.717) is 24.2 Å². The van der Waals surface area contributed by atoms with Gasteiger partial charge in [-0.3, -0.25) is 9.59 Å². The van der Waals surface area contributed by atoms with Gasteiger partial charge in [0.25, 0.3) is 0 Å². The normalized spacial score (nSPS) is 16.0. The number of rotatable bonds is 8. The summed E-state index contributed by atoms with van der Waals surface area (Å²) in [7, 11) is 0. The SMILES string of the molecule is CCCCC1(CCCC)C(=O)N(c2ccc(N=C=O)cc2)C1=O. The molecule has 2 amide bonds. The van der Waals surface area contributed by atoms with Gasteiger partial charge in [-0.15, -0.1) is 0 Å². The van der Waals surface area contributed by atoms with Gasteiger partial charge < -0.3 is 0 Å². The van der Waals surface area contributed by atoms with E-state index in [9.17, 15) is 14.4 Å². The molecule has 0 N–H and O–H groups in total. The predicted octanol–water partition coefficient (Wildman–Crippen LogP) is 3.89. The highest BCUT2D eigenvalue weighted by atomic mass is 16.2. The van der Waals surface area contributed by atoms with E-state index in [1.807, 2.05) is 0 Å². The van der Waals surface area contributed by atoms with Crippen molar-refractivity contribution in [1.29, 1.82) is 0 Å². The molecule has 122 valence electrons. The van der Waals surface area contributed by atoms with Crippen LogP contribution in [0.4, 0.5) is 11.4 Å². The van der Waals surface area contributed by atoms with Crippen molar-refractivity contribution in [2.75, 3.05) is 4.90 Å². The predicted molar refractivity (Wildman–Crippen MR) is 88.2 cm³/mol. The summed E-state index contributed by atoms with van der Waals surface area (Å²) in [5.41, 5.74) is 0.159. The third-order valence-electron chi connectivity index (χ3n) is 4.42. The average molecular weight is 314 g/mol. The van der Waals surface area contributed by atoms with Gasteiger partial charge in [-0.1, -0.05) is 39.5 Å². The van der Waals surface area contributed by atoms with Crippen molar-refractivity contribution in [3.05, 3.63) is 24.3 Å². The Labute approximate surface area is 136 Å². The average Bonchev–Trinajstić information content (AvgIpc) is 2.57. The summed E-state index contributed by atoms with van der Waals surface area (Å²) in [6.45, 7) is 4.12. The molecule has 1 aromatic carbocycles. The smallest absolute Gasteiger partial charge is 0.249 e. The Kier molecular flexibility index (Phi) is 5.45. The van der Waals surface area contributed by atoms with E-state index in [1.165, 1.54) is 11.0 Å². The molecule has 0 spiro atoms. The topological polar surface area (TPSA) is 66.8 Å². The van der Waals surface area contributed by atoms with Crippen LogP contribution in [0.1, 0.15) is 52.4 Å². The molecule has 1 saturated heterocycles. The lowest BCUT2D eigenvalue weighted by atomic mass is 9.70. The van der Waals surface area contributed by atoms with Gasteiger partial charge in [0.15, 0.2) is 0 Å². The van der Waals surface area contributed by atoms with Gasteiger partial charge in [-0.2, -0.15) is 4.99 Å². The van der Waals surface area contributed by atoms with Crippen LogP contribution in [0.5, 0.6) is 0 Å². The van der Waals surface area contributed by atoms with Gasteiger partial charge in [0.05, 0.1) is 11.4 Å². The maximum atomic E-state index is 12.7. The van der Waals surface area contributed by atoms with E-state index >= 15 is 0 Å². The largest absolute Gasteiger partial charge is 0.273 e. The molecule has 23 heavy (non-hydrogen) atoms. The lowest BCUT2D eigenvalue weighted by Gasteiger charge is -2.46. The van der Waals surface area contributed by atoms with Crippen molar-refractivity contribution in [3.63, 3.8) is 0 Å². The summed E-state index contributed by atoms with van der Waals surface area (Å²) >= 11 is 0. The van der Waals surface area contributed by atoms with Crippen molar-refractivity contribution in [2.24, 2.45) is 10.4 Å². The monoisotopic (exact) mass is 314 g/mol. The zero-order valence-electron chi connectivity index (χ0n) is 13.7. The molecule has 0 aromatic heterocycles. The van der Waals surface area contributed by atoms with Crippen molar-refractivity contribution in [3.8, 4) is 0 Å². The Hall–Kier alpha value is -2.26. The van der Waals surface area contributed by atoms with Gasteiger partial charge in [0, 0.05) is 0 Å². The minimum atomic E-state index is -0.828. The summed E-state index contributed by atoms with van der Waals surface area (Å²) in [6.07, 6.45) is 6.41. The molecule has 1 aliphatic rings. The number of imide groups is 1. The maximum Gasteiger partial charge on any atom is 0.249 e. The van der Waals surface area contributed by atoms with E-state index < -0.39 is 5.41 Å². The van der Waals surface area contributed by atoms with Gasteiger partial charge >= 0.3 is 0 Å². The first-order valence-electron chi connectivity index (χ1n) is 8.17. The number of hydrogen-bond donors (Lipinski definition) is 0. The van der Waals surface area contributed by atoms with Crippen molar-refractivity contribution < 1.29 is 14.4 Å². The highest BCUT2D eigenvalue weighted by molar-refractivity contribution is 6.36. The van der Waals surface area contributed by atoms with Crippen LogP contribution >= 0.6 is 0 Å². The Bertz CT molecular complexity index is 604. The van der Waals surface area contributed by atoms with Crippen LogP contribution in [0.2, 0.25) is 0 Å². The van der Waals surface area contributed by atoms with E-state index in [0.717, 1.165) is 25.7 Å². The number of unbranched alkanes of at least 4 members (excludes halogenated alkanes) is 2. The number of carbonyl (C=O) groups excluding carboxylic acids is 3. The molecule has 5 heteroatoms. The maximum absolute atomic E-state index is 12.7. The van der Waals surface area contributed by atoms with E-state index in [-0.39, 0.29) is 11.8 Å². The second-order valence-corrected chi connectivity index (χ2v) is 5.95. The zero-order chi connectivity index (χ0) is 16.9. The lowest BCUT2D eigenvalue weighted by Crippen LogP contribution is -2.66. The van der Waals surface area contributed by atoms with Crippen LogP contribution in [-0.4, -0.2) is 17.9 Å². The highest BCUT2D eigenvalue weighted by Crippen LogP contribution is 2.45. The fourth-order valence-electron chi connectivity index (χ4n) is 3.03. The number of amides is 2. The molecular weight excluding hydrogens is 292 g/mol. The Morgan fingerprint density at radius 2 is 1.52 bits per heavy atom. The number of β-lactam (4-membered cyclic amide) rings is 2. The minimum Gasteiger partial charge on any atom is -0.273 e. The molecular formula is C18H22N2O3. The van der Waals surface area contributed by atoms with Crippen LogP contribution in [0, 0.1) is 5.41 Å². The third kappa shape index (κ3) is 3.10. The quantitative estimate of drug-likeness (QED) is 0.316. The number of nitrogens with zero attached hydrogens (tertiary/aromatic N) is 2. The van der Waals surface area contributed by atoms with E-state index in [1.54, 1.807) is 24.3 Å². The number of isocyanates is 1. The van der Waals surface area contributed by atoms with Gasteiger partial charge in [-0.25, -0.2) is 9.69 Å². The van der Waals surface area contributed by atoms with Crippen LogP contribution in [0.15, 0.2) is 29.3 Å². The van der Waals surface area contributed by atoms with Crippen LogP contribution in [0.25, 0.3) is 0 Å². The molecule has 1 aromatic rings. The second-order valence-electron chi connectivity index (χ2n) is 5.95. The highest BCUT2D eigenvalue weighted by Gasteiger charge is 2.59. The Morgan fingerprint density at radius 1 is 1.00 bits per heavy atom. The van der Waals surface area contributed by atoms with Gasteiger partial charge in [0.1, 0.15) is 5.41 Å². The number of anilines is 1. The molecule has 0 radical (unpaired) electrons. The number of carbonyl (C=O) groups is 2. The number of aliphatic imine (C=N–C) groups is 1. The molecule has 5 nitrogen and oxygen atoms in total. The molecule has 1 fully saturated rings. The first kappa shape index (κ1) is 17.1. The Balaban J connectivity index is 2.21. The summed E-state index contributed by atoms with van der Waals surface area (Å²) in [6, 6.07) is 6.46. The second kappa shape index (κ2) is 7.34. The van der Waals surface area contributed by atoms with Crippen molar-refractivity contribution >= 4 is 29.3 Å². The van der Waals surface area contributed by atoms with E-state index in [4.69, 9.17) is 0 Å². The zero-order valence-corrected chi connectivity index (χ0v) is 13.7. The van der Waals surface area contributed by atoms with Crippen molar-refractivity contribution in [1.82, 2.24) is 0 Å². The molecule has 1 aliphatic heterocycles. The molecule has 2 rings (SSSR count). The van der Waals surface area contributed by atoms with Gasteiger partial charge in [0.2, 0.25) is 17.9 Å². The first-order valence-corrected chi connectivity index (χ1v) is 8.17. The summed E-state index contributed by atoms with van der Waals surface area (Å²) in [5, 5.41) is 0. The van der Waals surface area contributed by atoms with Crippen LogP contribution in [-0.2, 0) is 14.4 Å². The molecule has 0 saturated carbocycles. The fraction of sp³-hybridized carbons (Fsp3) is 0.500. The van der Waals surface area contributed by atoms with Crippen LogP contribution in [0.3, 0.4) is 0 Å². The lowest BCUT2D eigenvalue weighted by molar-refractivity contribution is -0.154.